The molecule has 4 nitrogen and oxygen atoms in total. The molecule has 0 bridgehead atoms. The Morgan fingerprint density at radius 3 is 2.30 bits per heavy atom. The zero-order chi connectivity index (χ0) is 18.9. The maximum absolute atomic E-state index is 12.6. The van der Waals surface area contributed by atoms with Gasteiger partial charge in [-0.1, -0.05) is 36.0 Å². The van der Waals surface area contributed by atoms with Crippen molar-refractivity contribution in [2.24, 2.45) is 0 Å². The van der Waals surface area contributed by atoms with Crippen LogP contribution >= 0.6 is 24.2 Å². The first-order chi connectivity index (χ1) is 12.3. The number of halogens is 1. The second-order valence-corrected chi connectivity index (χ2v) is 9.99. The zero-order valence-electron chi connectivity index (χ0n) is 16.0. The number of fused-ring (bicyclic) bond motifs is 2. The van der Waals surface area contributed by atoms with E-state index in [9.17, 15) is 8.42 Å². The average Bonchev–Trinajstić information content (AvgIpc) is 2.60. The Morgan fingerprint density at radius 1 is 0.963 bits per heavy atom. The predicted molar refractivity (Wildman–Crippen MR) is 115 cm³/mol. The van der Waals surface area contributed by atoms with Crippen molar-refractivity contribution in [2.75, 3.05) is 34.7 Å². The average molecular weight is 425 g/mol. The van der Waals surface area contributed by atoms with Crippen molar-refractivity contribution in [2.45, 2.75) is 21.1 Å². The molecule has 0 spiro atoms. The van der Waals surface area contributed by atoms with Crippen LogP contribution in [0.2, 0.25) is 0 Å². The lowest BCUT2D eigenvalue weighted by Crippen LogP contribution is -2.22. The van der Waals surface area contributed by atoms with Crippen LogP contribution in [0.5, 0.6) is 0 Å². The molecule has 0 saturated carbocycles. The molecule has 0 fully saturated rings. The molecular weight excluding hydrogens is 400 g/mol. The topological polar surface area (TPSA) is 40.6 Å². The first-order valence-corrected chi connectivity index (χ1v) is 10.8. The minimum absolute atomic E-state index is 0. The number of nitrogens with zero attached hydrogens (tertiary/aromatic N) is 2. The van der Waals surface area contributed by atoms with Gasteiger partial charge < -0.3 is 4.90 Å². The fourth-order valence-corrected chi connectivity index (χ4v) is 4.92. The van der Waals surface area contributed by atoms with Crippen LogP contribution in [0.1, 0.15) is 17.5 Å². The van der Waals surface area contributed by atoms with Crippen LogP contribution < -0.4 is 0 Å². The summed E-state index contributed by atoms with van der Waals surface area (Å²) in [6.07, 6.45) is 3.13. The second kappa shape index (κ2) is 8.80. The highest BCUT2D eigenvalue weighted by Gasteiger charge is 2.24. The van der Waals surface area contributed by atoms with Gasteiger partial charge in [0.2, 0.25) is 10.0 Å². The lowest BCUT2D eigenvalue weighted by Gasteiger charge is -2.23. The zero-order valence-corrected chi connectivity index (χ0v) is 18.4. The molecule has 2 aromatic rings. The number of rotatable bonds is 5. The molecule has 0 saturated heterocycles. The van der Waals surface area contributed by atoms with Crippen LogP contribution in [0.25, 0.3) is 5.57 Å². The highest BCUT2D eigenvalue weighted by molar-refractivity contribution is 7.99. The van der Waals surface area contributed by atoms with E-state index >= 15 is 0 Å². The summed E-state index contributed by atoms with van der Waals surface area (Å²) in [6.45, 7) is 0.948. The molecule has 1 heterocycles. The van der Waals surface area contributed by atoms with Crippen molar-refractivity contribution < 1.29 is 8.42 Å². The molecule has 7 heteroatoms. The Balaban J connectivity index is 0.00000261. The van der Waals surface area contributed by atoms with Gasteiger partial charge in [0.05, 0.1) is 4.90 Å². The SMILES string of the molecule is CN(C)CC/C=C1/c2ccccc2Sc2ccc(S(=O)(=O)N(C)C)cc21.Cl. The Morgan fingerprint density at radius 2 is 1.63 bits per heavy atom. The van der Waals surface area contributed by atoms with Gasteiger partial charge in [0.25, 0.3) is 0 Å². The minimum Gasteiger partial charge on any atom is -0.309 e. The number of benzene rings is 2. The molecule has 0 amide bonds. The van der Waals surface area contributed by atoms with Gasteiger partial charge in [0.15, 0.2) is 0 Å². The molecule has 1 aliphatic rings. The van der Waals surface area contributed by atoms with Crippen molar-refractivity contribution in [1.82, 2.24) is 9.21 Å². The van der Waals surface area contributed by atoms with Crippen molar-refractivity contribution >= 4 is 39.8 Å². The van der Waals surface area contributed by atoms with E-state index in [0.29, 0.717) is 4.90 Å². The van der Waals surface area contributed by atoms with E-state index in [4.69, 9.17) is 0 Å². The Kier molecular flexibility index (Phi) is 7.16. The molecule has 0 aromatic heterocycles. The molecule has 1 aliphatic heterocycles. The van der Waals surface area contributed by atoms with Gasteiger partial charge >= 0.3 is 0 Å². The highest BCUT2D eigenvalue weighted by Crippen LogP contribution is 2.46. The maximum atomic E-state index is 12.6. The normalized spacial score (nSPS) is 14.8. The fourth-order valence-electron chi connectivity index (χ4n) is 2.91. The maximum Gasteiger partial charge on any atom is 0.242 e. The summed E-state index contributed by atoms with van der Waals surface area (Å²) >= 11 is 1.69. The van der Waals surface area contributed by atoms with E-state index in [1.807, 2.05) is 24.3 Å². The minimum atomic E-state index is -3.46. The molecule has 0 aliphatic carbocycles. The molecule has 0 N–H and O–H groups in total. The van der Waals surface area contributed by atoms with Gasteiger partial charge in [-0.05, 0) is 61.5 Å². The smallest absolute Gasteiger partial charge is 0.242 e. The molecule has 0 unspecified atom stereocenters. The van der Waals surface area contributed by atoms with E-state index in [2.05, 4.69) is 37.2 Å². The van der Waals surface area contributed by atoms with Crippen molar-refractivity contribution in [3.63, 3.8) is 0 Å². The van der Waals surface area contributed by atoms with Crippen LogP contribution in [0.4, 0.5) is 0 Å². The van der Waals surface area contributed by atoms with Crippen molar-refractivity contribution in [3.8, 4) is 0 Å². The summed E-state index contributed by atoms with van der Waals surface area (Å²) in [5.41, 5.74) is 3.28. The third-order valence-corrected chi connectivity index (χ3v) is 7.30. The first-order valence-electron chi connectivity index (χ1n) is 8.50. The Hall–Kier alpha value is -1.31. The standard InChI is InChI=1S/C20H24N2O2S2.ClH/c1-21(2)13-7-9-16-17-8-5-6-10-19(17)25-20-12-11-15(14-18(16)20)26(23,24)22(3)4;/h5-6,8-12,14H,7,13H2,1-4H3;1H/b16-9-;. The van der Waals surface area contributed by atoms with Crippen molar-refractivity contribution in [3.05, 3.63) is 59.7 Å². The quantitative estimate of drug-likeness (QED) is 0.615. The van der Waals surface area contributed by atoms with E-state index < -0.39 is 10.0 Å². The van der Waals surface area contributed by atoms with E-state index in [0.717, 1.165) is 29.0 Å². The number of hydrogen-bond donors (Lipinski definition) is 0. The van der Waals surface area contributed by atoms with E-state index in [1.165, 1.54) is 14.8 Å². The van der Waals surface area contributed by atoms with Crippen LogP contribution in [-0.4, -0.2) is 52.4 Å². The summed E-state index contributed by atoms with van der Waals surface area (Å²) in [6, 6.07) is 13.7. The molecule has 3 rings (SSSR count). The van der Waals surface area contributed by atoms with Gasteiger partial charge in [0.1, 0.15) is 0 Å². The van der Waals surface area contributed by atoms with Gasteiger partial charge in [-0.3, -0.25) is 0 Å². The number of sulfonamides is 1. The van der Waals surface area contributed by atoms with Gasteiger partial charge in [0, 0.05) is 30.4 Å². The van der Waals surface area contributed by atoms with E-state index in [1.54, 1.807) is 31.9 Å². The van der Waals surface area contributed by atoms with Gasteiger partial charge in [-0.25, -0.2) is 12.7 Å². The monoisotopic (exact) mass is 424 g/mol. The third kappa shape index (κ3) is 4.58. The summed E-state index contributed by atoms with van der Waals surface area (Å²) in [7, 11) is 3.78. The summed E-state index contributed by atoms with van der Waals surface area (Å²) in [5.74, 6) is 0. The van der Waals surface area contributed by atoms with Gasteiger partial charge in [-0.15, -0.1) is 12.4 Å². The first kappa shape index (κ1) is 22.0. The summed E-state index contributed by atoms with van der Waals surface area (Å²) in [5, 5.41) is 0. The molecule has 0 radical (unpaired) electrons. The number of hydrogen-bond acceptors (Lipinski definition) is 4. The van der Waals surface area contributed by atoms with Crippen molar-refractivity contribution in [1.29, 1.82) is 0 Å². The molecule has 146 valence electrons. The molecule has 0 atom stereocenters. The fraction of sp³-hybridized carbons (Fsp3) is 0.300. The van der Waals surface area contributed by atoms with Crippen LogP contribution in [0, 0.1) is 0 Å². The van der Waals surface area contributed by atoms with Crippen LogP contribution in [0.15, 0.2) is 63.2 Å². The lowest BCUT2D eigenvalue weighted by molar-refractivity contribution is 0.417. The Bertz CT molecular complexity index is 954. The molecular formula is C20H25ClN2O2S2. The highest BCUT2D eigenvalue weighted by atomic mass is 35.5. The van der Waals surface area contributed by atoms with Crippen LogP contribution in [-0.2, 0) is 10.0 Å². The third-order valence-electron chi connectivity index (χ3n) is 4.34. The van der Waals surface area contributed by atoms with Gasteiger partial charge in [-0.2, -0.15) is 0 Å². The van der Waals surface area contributed by atoms with Crippen LogP contribution in [0.3, 0.4) is 0 Å². The summed E-state index contributed by atoms with van der Waals surface area (Å²) < 4.78 is 26.4. The Labute approximate surface area is 172 Å². The molecule has 27 heavy (non-hydrogen) atoms. The van der Waals surface area contributed by atoms with E-state index in [-0.39, 0.29) is 12.4 Å². The summed E-state index contributed by atoms with van der Waals surface area (Å²) in [4.78, 5) is 4.78. The largest absolute Gasteiger partial charge is 0.309 e. The molecule has 2 aromatic carbocycles. The second-order valence-electron chi connectivity index (χ2n) is 6.75. The predicted octanol–water partition coefficient (Wildman–Crippen LogP) is 4.21. The lowest BCUT2D eigenvalue weighted by atomic mass is 9.96.